The molecule has 0 saturated carbocycles. The van der Waals surface area contributed by atoms with Crippen molar-refractivity contribution in [2.24, 2.45) is 0 Å². The van der Waals surface area contributed by atoms with Crippen LogP contribution in [0.4, 0.5) is 8.78 Å². The van der Waals surface area contributed by atoms with Crippen molar-refractivity contribution in [3.8, 4) is 0 Å². The molecule has 14 heavy (non-hydrogen) atoms. The van der Waals surface area contributed by atoms with Gasteiger partial charge in [0.15, 0.2) is 0 Å². The highest BCUT2D eigenvalue weighted by Gasteiger charge is 2.43. The fraction of sp³-hybridized carbons (Fsp3) is 0.167. The first-order valence-electron chi connectivity index (χ1n) is 3.29. The van der Waals surface area contributed by atoms with Gasteiger partial charge in [0.05, 0.1) is 0 Å². The molecule has 1 rings (SSSR count). The molecule has 0 aromatic carbocycles. The van der Waals surface area contributed by atoms with Gasteiger partial charge in [0.2, 0.25) is 0 Å². The van der Waals surface area contributed by atoms with Crippen molar-refractivity contribution < 1.29 is 18.7 Å². The standard InChI is InChI=1S/C6H4F2N2O4/c7-6(8,4(12)13)2-1-9-5(14)10-3(2)11/h1H,(H,12,13)(H2,9,10,11,14). The number of aliphatic carboxylic acids is 1. The first kappa shape index (κ1) is 10.1. The summed E-state index contributed by atoms with van der Waals surface area (Å²) in [4.78, 5) is 34.5. The van der Waals surface area contributed by atoms with Crippen molar-refractivity contribution in [1.29, 1.82) is 0 Å². The largest absolute Gasteiger partial charge is 0.477 e. The molecule has 0 fully saturated rings. The van der Waals surface area contributed by atoms with Crippen molar-refractivity contribution in [3.05, 3.63) is 32.6 Å². The lowest BCUT2D eigenvalue weighted by atomic mass is 10.2. The number of carboxylic acids is 1. The van der Waals surface area contributed by atoms with Crippen LogP contribution in [-0.4, -0.2) is 21.0 Å². The molecule has 0 spiro atoms. The highest BCUT2D eigenvalue weighted by Crippen LogP contribution is 2.23. The molecule has 1 heterocycles. The predicted molar refractivity (Wildman–Crippen MR) is 39.2 cm³/mol. The van der Waals surface area contributed by atoms with Crippen LogP contribution in [0.25, 0.3) is 0 Å². The lowest BCUT2D eigenvalue weighted by Gasteiger charge is -2.08. The summed E-state index contributed by atoms with van der Waals surface area (Å²) in [5, 5.41) is 8.09. The molecule has 0 unspecified atom stereocenters. The van der Waals surface area contributed by atoms with Gasteiger partial charge in [-0.05, 0) is 0 Å². The van der Waals surface area contributed by atoms with Gasteiger partial charge in [-0.1, -0.05) is 0 Å². The van der Waals surface area contributed by atoms with Crippen LogP contribution in [0.15, 0.2) is 15.8 Å². The van der Waals surface area contributed by atoms with E-state index < -0.39 is 28.7 Å². The molecule has 0 aliphatic carbocycles. The first-order chi connectivity index (χ1) is 6.35. The third-order valence-electron chi connectivity index (χ3n) is 1.43. The molecule has 8 heteroatoms. The molecule has 0 bridgehead atoms. The van der Waals surface area contributed by atoms with Crippen molar-refractivity contribution >= 4 is 5.97 Å². The normalized spacial score (nSPS) is 11.3. The zero-order valence-electron chi connectivity index (χ0n) is 6.51. The van der Waals surface area contributed by atoms with Gasteiger partial charge in [-0.25, -0.2) is 9.59 Å². The number of rotatable bonds is 2. The van der Waals surface area contributed by atoms with Gasteiger partial charge >= 0.3 is 17.6 Å². The van der Waals surface area contributed by atoms with E-state index >= 15 is 0 Å². The number of aromatic nitrogens is 2. The molecule has 0 aliphatic heterocycles. The van der Waals surface area contributed by atoms with Crippen LogP contribution in [0.3, 0.4) is 0 Å². The summed E-state index contributed by atoms with van der Waals surface area (Å²) in [6.45, 7) is 0. The second-order valence-corrected chi connectivity index (χ2v) is 2.37. The molecular formula is C6H4F2N2O4. The smallest absolute Gasteiger partial charge is 0.379 e. The predicted octanol–water partition coefficient (Wildman–Crippen LogP) is -0.760. The average Bonchev–Trinajstić information content (AvgIpc) is 2.02. The zero-order valence-corrected chi connectivity index (χ0v) is 6.51. The number of hydrogen-bond donors (Lipinski definition) is 3. The van der Waals surface area contributed by atoms with Crippen LogP contribution in [0, 0.1) is 0 Å². The summed E-state index contributed by atoms with van der Waals surface area (Å²) in [6, 6.07) is 0. The Bertz CT molecular complexity index is 475. The van der Waals surface area contributed by atoms with Gasteiger partial charge in [0, 0.05) is 6.20 Å². The van der Waals surface area contributed by atoms with Gasteiger partial charge in [-0.3, -0.25) is 9.78 Å². The molecule has 0 radical (unpaired) electrons. The van der Waals surface area contributed by atoms with Crippen LogP contribution >= 0.6 is 0 Å². The van der Waals surface area contributed by atoms with Crippen molar-refractivity contribution in [2.75, 3.05) is 0 Å². The van der Waals surface area contributed by atoms with Crippen molar-refractivity contribution in [1.82, 2.24) is 9.97 Å². The molecule has 76 valence electrons. The SMILES string of the molecule is O=C(O)C(F)(F)c1c[nH]c(=O)[nH]c1=O. The Balaban J connectivity index is 3.41. The topological polar surface area (TPSA) is 103 Å². The number of carboxylic acid groups (broad SMARTS) is 1. The van der Waals surface area contributed by atoms with E-state index in [0.717, 1.165) is 0 Å². The Morgan fingerprint density at radius 2 is 2.00 bits per heavy atom. The van der Waals surface area contributed by atoms with Crippen LogP contribution in [0.2, 0.25) is 0 Å². The number of carbonyl (C=O) groups is 1. The summed E-state index contributed by atoms with van der Waals surface area (Å²) in [6.07, 6.45) is 0.370. The number of alkyl halides is 2. The highest BCUT2D eigenvalue weighted by atomic mass is 19.3. The average molecular weight is 206 g/mol. The minimum Gasteiger partial charge on any atom is -0.477 e. The van der Waals surface area contributed by atoms with E-state index in [0.29, 0.717) is 6.20 Å². The molecule has 0 atom stereocenters. The van der Waals surface area contributed by atoms with Crippen molar-refractivity contribution in [3.63, 3.8) is 0 Å². The van der Waals surface area contributed by atoms with E-state index in [4.69, 9.17) is 5.11 Å². The van der Waals surface area contributed by atoms with Crippen LogP contribution in [-0.2, 0) is 10.7 Å². The minimum atomic E-state index is -4.32. The molecule has 1 aromatic heterocycles. The van der Waals surface area contributed by atoms with Crippen LogP contribution in [0.5, 0.6) is 0 Å². The van der Waals surface area contributed by atoms with E-state index in [-0.39, 0.29) is 0 Å². The van der Waals surface area contributed by atoms with E-state index in [9.17, 15) is 23.2 Å². The van der Waals surface area contributed by atoms with E-state index in [1.54, 1.807) is 4.98 Å². The fourth-order valence-electron chi connectivity index (χ4n) is 0.758. The fourth-order valence-corrected chi connectivity index (χ4v) is 0.758. The summed E-state index contributed by atoms with van der Waals surface area (Å²) >= 11 is 0. The number of H-pyrrole nitrogens is 2. The molecule has 1 aromatic rings. The number of hydrogen-bond acceptors (Lipinski definition) is 3. The zero-order chi connectivity index (χ0) is 10.9. The van der Waals surface area contributed by atoms with Gasteiger partial charge in [-0.2, -0.15) is 8.78 Å². The van der Waals surface area contributed by atoms with E-state index in [1.807, 2.05) is 0 Å². The Hall–Kier alpha value is -1.99. The quantitative estimate of drug-likeness (QED) is 0.591. The Morgan fingerprint density at radius 3 is 2.43 bits per heavy atom. The molecule has 3 N–H and O–H groups in total. The Morgan fingerprint density at radius 1 is 1.43 bits per heavy atom. The van der Waals surface area contributed by atoms with Gasteiger partial charge < -0.3 is 10.1 Å². The third kappa shape index (κ3) is 1.53. The third-order valence-corrected chi connectivity index (χ3v) is 1.43. The summed E-state index contributed by atoms with van der Waals surface area (Å²) in [5.41, 5.74) is -3.73. The Labute approximate surface area is 74.2 Å². The van der Waals surface area contributed by atoms with E-state index in [1.165, 1.54) is 4.98 Å². The summed E-state index contributed by atoms with van der Waals surface area (Å²) in [7, 11) is 0. The second kappa shape index (κ2) is 3.05. The Kier molecular flexibility index (Phi) is 2.20. The van der Waals surface area contributed by atoms with E-state index in [2.05, 4.69) is 0 Å². The van der Waals surface area contributed by atoms with Gasteiger partial charge in [0.25, 0.3) is 5.56 Å². The lowest BCUT2D eigenvalue weighted by molar-refractivity contribution is -0.166. The summed E-state index contributed by atoms with van der Waals surface area (Å²) in [5.74, 6) is -6.78. The minimum absolute atomic E-state index is 0.370. The lowest BCUT2D eigenvalue weighted by Crippen LogP contribution is -2.35. The highest BCUT2D eigenvalue weighted by molar-refractivity contribution is 5.76. The first-order valence-corrected chi connectivity index (χ1v) is 3.29. The molecule has 6 nitrogen and oxygen atoms in total. The maximum absolute atomic E-state index is 12.7. The number of aromatic amines is 2. The summed E-state index contributed by atoms with van der Waals surface area (Å²) < 4.78 is 25.5. The van der Waals surface area contributed by atoms with Crippen LogP contribution < -0.4 is 11.2 Å². The number of halogens is 2. The maximum Gasteiger partial charge on any atom is 0.379 e. The maximum atomic E-state index is 12.7. The number of nitrogens with one attached hydrogen (secondary N) is 2. The molecular weight excluding hydrogens is 202 g/mol. The van der Waals surface area contributed by atoms with Gasteiger partial charge in [-0.15, -0.1) is 0 Å². The van der Waals surface area contributed by atoms with Crippen molar-refractivity contribution in [2.45, 2.75) is 5.92 Å². The molecule has 0 saturated heterocycles. The molecule has 0 amide bonds. The van der Waals surface area contributed by atoms with Gasteiger partial charge in [0.1, 0.15) is 5.56 Å². The monoisotopic (exact) mass is 206 g/mol. The second-order valence-electron chi connectivity index (χ2n) is 2.37. The van der Waals surface area contributed by atoms with Crippen LogP contribution in [0.1, 0.15) is 5.56 Å². The molecule has 0 aliphatic rings.